The lowest BCUT2D eigenvalue weighted by atomic mass is 10.00. The number of pyridine rings is 1. The molecule has 0 radical (unpaired) electrons. The predicted molar refractivity (Wildman–Crippen MR) is 111 cm³/mol. The summed E-state index contributed by atoms with van der Waals surface area (Å²) in [5, 5.41) is 2.60. The van der Waals surface area contributed by atoms with E-state index in [1.165, 1.54) is 30.7 Å². The van der Waals surface area contributed by atoms with Crippen molar-refractivity contribution < 1.29 is 18.0 Å². The zero-order chi connectivity index (χ0) is 22.1. The number of hydrogen-bond acceptors (Lipinski definition) is 6. The van der Waals surface area contributed by atoms with Crippen LogP contribution in [-0.2, 0) is 13.0 Å². The van der Waals surface area contributed by atoms with E-state index in [9.17, 15) is 13.6 Å². The molecule has 3 aromatic heterocycles. The van der Waals surface area contributed by atoms with Crippen LogP contribution in [-0.4, -0.2) is 50.4 Å². The minimum absolute atomic E-state index is 0.0312. The van der Waals surface area contributed by atoms with Crippen LogP contribution in [0.3, 0.4) is 0 Å². The molecule has 10 heteroatoms. The highest BCUT2D eigenvalue weighted by atomic mass is 19.1. The summed E-state index contributed by atoms with van der Waals surface area (Å²) >= 11 is 0. The van der Waals surface area contributed by atoms with E-state index in [-0.39, 0.29) is 29.7 Å². The first-order chi connectivity index (χ1) is 15.6. The fraction of sp³-hybridized carbons (Fsp3) is 0.273. The van der Waals surface area contributed by atoms with E-state index >= 15 is 0 Å². The van der Waals surface area contributed by atoms with Crippen molar-refractivity contribution in [1.82, 2.24) is 30.2 Å². The number of likely N-dealkylation sites (tertiary alicyclic amines) is 1. The number of halogens is 2. The van der Waals surface area contributed by atoms with Gasteiger partial charge in [0.15, 0.2) is 17.4 Å². The Kier molecular flexibility index (Phi) is 5.36. The van der Waals surface area contributed by atoms with Gasteiger partial charge in [-0.1, -0.05) is 6.07 Å². The summed E-state index contributed by atoms with van der Waals surface area (Å²) in [4.78, 5) is 30.1. The Bertz CT molecular complexity index is 1260. The number of amides is 1. The minimum atomic E-state index is -0.476. The summed E-state index contributed by atoms with van der Waals surface area (Å²) in [5.41, 5.74) is 1.36. The number of hydrogen-bond donors (Lipinski definition) is 2. The van der Waals surface area contributed by atoms with E-state index < -0.39 is 11.7 Å². The minimum Gasteiger partial charge on any atom is -0.448 e. The monoisotopic (exact) mass is 438 g/mol. The number of para-hydroxylation sites is 1. The highest BCUT2D eigenvalue weighted by molar-refractivity contribution is 5.91. The molecule has 0 aliphatic carbocycles. The number of nitrogens with zero attached hydrogens (tertiary/aromatic N) is 4. The molecule has 0 spiro atoms. The molecular formula is C22H20F2N6O2. The molecule has 1 aliphatic rings. The van der Waals surface area contributed by atoms with E-state index in [2.05, 4.69) is 30.2 Å². The zero-order valence-corrected chi connectivity index (χ0v) is 17.0. The van der Waals surface area contributed by atoms with E-state index in [1.54, 1.807) is 12.1 Å². The van der Waals surface area contributed by atoms with Crippen molar-refractivity contribution in [2.75, 3.05) is 19.6 Å². The van der Waals surface area contributed by atoms with Crippen LogP contribution < -0.4 is 5.32 Å². The lowest BCUT2D eigenvalue weighted by molar-refractivity contribution is 0.0944. The molecule has 1 fully saturated rings. The molecule has 5 rings (SSSR count). The van der Waals surface area contributed by atoms with Gasteiger partial charge >= 0.3 is 0 Å². The van der Waals surface area contributed by atoms with Crippen molar-refractivity contribution in [2.45, 2.75) is 18.9 Å². The van der Waals surface area contributed by atoms with Gasteiger partial charge in [-0.15, -0.1) is 0 Å². The van der Waals surface area contributed by atoms with Crippen molar-refractivity contribution in [3.05, 3.63) is 77.5 Å². The fourth-order valence-corrected chi connectivity index (χ4v) is 3.72. The van der Waals surface area contributed by atoms with Gasteiger partial charge in [0.2, 0.25) is 0 Å². The Morgan fingerprint density at radius 3 is 2.84 bits per heavy atom. The first-order valence-electron chi connectivity index (χ1n) is 10.3. The molecule has 0 bridgehead atoms. The molecule has 1 aliphatic heterocycles. The number of nitrogens with one attached hydrogen (secondary N) is 2. The summed E-state index contributed by atoms with van der Waals surface area (Å²) in [6, 6.07) is 7.63. The lowest BCUT2D eigenvalue weighted by Crippen LogP contribution is -2.46. The molecule has 1 saturated heterocycles. The fourth-order valence-electron chi connectivity index (χ4n) is 3.72. The van der Waals surface area contributed by atoms with Crippen molar-refractivity contribution in [2.24, 2.45) is 0 Å². The number of aromatic nitrogens is 4. The SMILES string of the molecule is O=C(NCc1ncccc1F)c1coc(C2CN(CCc3nc4c(F)cccc4[nH]3)C2)n1. The van der Waals surface area contributed by atoms with Crippen LogP contribution >= 0.6 is 0 Å². The van der Waals surface area contributed by atoms with Gasteiger partial charge in [0.05, 0.1) is 23.7 Å². The molecular weight excluding hydrogens is 418 g/mol. The lowest BCUT2D eigenvalue weighted by Gasteiger charge is -2.37. The second kappa shape index (κ2) is 8.46. The maximum atomic E-state index is 13.8. The summed E-state index contributed by atoms with van der Waals surface area (Å²) in [5.74, 6) is 0.0874. The van der Waals surface area contributed by atoms with Gasteiger partial charge in [-0.2, -0.15) is 0 Å². The Balaban J connectivity index is 1.11. The van der Waals surface area contributed by atoms with Gasteiger partial charge in [-0.05, 0) is 24.3 Å². The smallest absolute Gasteiger partial charge is 0.273 e. The molecule has 4 heterocycles. The maximum Gasteiger partial charge on any atom is 0.273 e. The van der Waals surface area contributed by atoms with Crippen LogP contribution in [0.15, 0.2) is 47.2 Å². The number of fused-ring (bicyclic) bond motifs is 1. The Morgan fingerprint density at radius 2 is 2.03 bits per heavy atom. The summed E-state index contributed by atoms with van der Waals surface area (Å²) in [7, 11) is 0. The number of H-pyrrole nitrogens is 1. The number of rotatable bonds is 7. The molecule has 0 unspecified atom stereocenters. The Labute approximate surface area is 181 Å². The zero-order valence-electron chi connectivity index (χ0n) is 17.0. The summed E-state index contributed by atoms with van der Waals surface area (Å²) in [6.07, 6.45) is 3.45. The Hall–Kier alpha value is -3.66. The number of oxazole rings is 1. The highest BCUT2D eigenvalue weighted by Gasteiger charge is 2.32. The molecule has 1 amide bonds. The third-order valence-corrected chi connectivity index (χ3v) is 5.49. The van der Waals surface area contributed by atoms with Crippen molar-refractivity contribution in [3.8, 4) is 0 Å². The van der Waals surface area contributed by atoms with E-state index in [0.29, 0.717) is 23.3 Å². The van der Waals surface area contributed by atoms with Crippen LogP contribution in [0, 0.1) is 11.6 Å². The second-order valence-electron chi connectivity index (χ2n) is 7.71. The number of imidazole rings is 1. The molecule has 1 aromatic carbocycles. The first-order valence-corrected chi connectivity index (χ1v) is 10.3. The predicted octanol–water partition coefficient (Wildman–Crippen LogP) is 2.80. The molecule has 164 valence electrons. The molecule has 4 aromatic rings. The van der Waals surface area contributed by atoms with Crippen molar-refractivity contribution in [3.63, 3.8) is 0 Å². The first kappa shape index (κ1) is 20.3. The maximum absolute atomic E-state index is 13.8. The number of carbonyl (C=O) groups excluding carboxylic acids is 1. The largest absolute Gasteiger partial charge is 0.448 e. The third-order valence-electron chi connectivity index (χ3n) is 5.49. The average Bonchev–Trinajstić information content (AvgIpc) is 3.40. The van der Waals surface area contributed by atoms with Gasteiger partial charge < -0.3 is 19.6 Å². The second-order valence-corrected chi connectivity index (χ2v) is 7.71. The summed E-state index contributed by atoms with van der Waals surface area (Å²) < 4.78 is 32.9. The van der Waals surface area contributed by atoms with Gasteiger partial charge in [-0.25, -0.2) is 18.7 Å². The number of aromatic amines is 1. The number of carbonyl (C=O) groups is 1. The third kappa shape index (κ3) is 4.09. The molecule has 8 nitrogen and oxygen atoms in total. The van der Waals surface area contributed by atoms with E-state index in [1.807, 2.05) is 0 Å². The average molecular weight is 438 g/mol. The Morgan fingerprint density at radius 1 is 1.19 bits per heavy atom. The quantitative estimate of drug-likeness (QED) is 0.460. The molecule has 0 atom stereocenters. The highest BCUT2D eigenvalue weighted by Crippen LogP contribution is 2.26. The van der Waals surface area contributed by atoms with Gasteiger partial charge in [-0.3, -0.25) is 9.78 Å². The van der Waals surface area contributed by atoms with Crippen molar-refractivity contribution >= 4 is 16.9 Å². The van der Waals surface area contributed by atoms with Crippen LogP contribution in [0.1, 0.15) is 33.8 Å². The number of benzene rings is 1. The van der Waals surface area contributed by atoms with Crippen LogP contribution in [0.2, 0.25) is 0 Å². The van der Waals surface area contributed by atoms with Crippen LogP contribution in [0.25, 0.3) is 11.0 Å². The van der Waals surface area contributed by atoms with E-state index in [4.69, 9.17) is 4.42 Å². The topological polar surface area (TPSA) is 99.9 Å². The van der Waals surface area contributed by atoms with Crippen LogP contribution in [0.5, 0.6) is 0 Å². The van der Waals surface area contributed by atoms with Gasteiger partial charge in [0, 0.05) is 32.3 Å². The van der Waals surface area contributed by atoms with Gasteiger partial charge in [0.1, 0.15) is 23.4 Å². The van der Waals surface area contributed by atoms with Crippen LogP contribution in [0.4, 0.5) is 8.78 Å². The standard InChI is InChI=1S/C22H20F2N6O2/c23-14-4-2-7-25-17(14)9-26-21(31)18-12-32-22(28-18)13-10-30(11-13)8-6-19-27-16-5-1-3-15(24)20(16)29-19/h1-5,7,12-13H,6,8-11H2,(H,26,31)(H,27,29). The molecule has 2 N–H and O–H groups in total. The molecule has 32 heavy (non-hydrogen) atoms. The molecule has 0 saturated carbocycles. The summed E-state index contributed by atoms with van der Waals surface area (Å²) in [6.45, 7) is 2.23. The van der Waals surface area contributed by atoms with Gasteiger partial charge in [0.25, 0.3) is 5.91 Å². The van der Waals surface area contributed by atoms with E-state index in [0.717, 1.165) is 25.5 Å². The normalized spacial score (nSPS) is 14.6. The van der Waals surface area contributed by atoms with Crippen molar-refractivity contribution in [1.29, 1.82) is 0 Å².